The van der Waals surface area contributed by atoms with E-state index in [-0.39, 0.29) is 17.9 Å². The Balaban J connectivity index is 2.13. The van der Waals surface area contributed by atoms with Gasteiger partial charge in [-0.1, -0.05) is 18.2 Å². The molecule has 0 spiro atoms. The number of rotatable bonds is 8. The number of halogens is 2. The van der Waals surface area contributed by atoms with Gasteiger partial charge in [-0.15, -0.1) is 0 Å². The second kappa shape index (κ2) is 10.4. The van der Waals surface area contributed by atoms with Crippen LogP contribution in [0.3, 0.4) is 0 Å². The fourth-order valence-corrected chi connectivity index (χ4v) is 3.45. The van der Waals surface area contributed by atoms with Crippen LogP contribution >= 0.6 is 0 Å². The Morgan fingerprint density at radius 3 is 2.56 bits per heavy atom. The monoisotopic (exact) mass is 460 g/mol. The van der Waals surface area contributed by atoms with Crippen LogP contribution in [0.15, 0.2) is 59.5 Å². The van der Waals surface area contributed by atoms with Crippen molar-refractivity contribution in [2.45, 2.75) is 13.3 Å². The lowest BCUT2D eigenvalue weighted by Crippen LogP contribution is -2.19. The molecule has 1 heterocycles. The summed E-state index contributed by atoms with van der Waals surface area (Å²) < 4.78 is 56.9. The number of nitrogens with one attached hydrogen (secondary N) is 1. The Morgan fingerprint density at radius 2 is 1.88 bits per heavy atom. The van der Waals surface area contributed by atoms with E-state index >= 15 is 0 Å². The second-order valence-electron chi connectivity index (χ2n) is 6.99. The van der Waals surface area contributed by atoms with E-state index in [9.17, 15) is 17.8 Å². The van der Waals surface area contributed by atoms with Gasteiger partial charge in [0.1, 0.15) is 11.6 Å². The summed E-state index contributed by atoms with van der Waals surface area (Å²) in [5.74, 6) is -1.39. The molecule has 3 aromatic rings. The van der Waals surface area contributed by atoms with Crippen LogP contribution in [0, 0.1) is 11.6 Å². The first-order chi connectivity index (χ1) is 15.3. The number of hydrogen-bond acceptors (Lipinski definition) is 3. The molecule has 6 nitrogen and oxygen atoms in total. The Hall–Kier alpha value is -3.14. The van der Waals surface area contributed by atoms with Crippen LogP contribution in [-0.4, -0.2) is 19.9 Å². The van der Waals surface area contributed by atoms with E-state index in [0.717, 1.165) is 17.7 Å². The maximum absolute atomic E-state index is 14.2. The second-order valence-corrected chi connectivity index (χ2v) is 7.78. The SMILES string of the molecule is C/C=C/c1cc(=O)n(C)cc1-c1cc(CCNS(=O)O)ccc1Oc1ccc(F)cc1F. The lowest BCUT2D eigenvalue weighted by atomic mass is 9.97. The molecule has 0 amide bonds. The molecule has 2 N–H and O–H groups in total. The summed E-state index contributed by atoms with van der Waals surface area (Å²) in [6.45, 7) is 2.08. The van der Waals surface area contributed by atoms with Crippen LogP contribution in [0.1, 0.15) is 18.1 Å². The van der Waals surface area contributed by atoms with Gasteiger partial charge in [0.15, 0.2) is 11.6 Å². The molecule has 1 aromatic heterocycles. The molecule has 3 rings (SSSR count). The van der Waals surface area contributed by atoms with E-state index in [1.807, 2.05) is 13.0 Å². The zero-order chi connectivity index (χ0) is 23.3. The highest BCUT2D eigenvalue weighted by Crippen LogP contribution is 2.37. The molecule has 168 valence electrons. The topological polar surface area (TPSA) is 80.6 Å². The normalized spacial score (nSPS) is 12.3. The maximum Gasteiger partial charge on any atom is 0.250 e. The van der Waals surface area contributed by atoms with Gasteiger partial charge in [-0.05, 0) is 48.7 Å². The van der Waals surface area contributed by atoms with Crippen molar-refractivity contribution in [3.05, 3.63) is 87.9 Å². The first-order valence-electron chi connectivity index (χ1n) is 9.72. The van der Waals surface area contributed by atoms with Crippen molar-refractivity contribution in [3.63, 3.8) is 0 Å². The summed E-state index contributed by atoms with van der Waals surface area (Å²) in [5.41, 5.74) is 2.53. The van der Waals surface area contributed by atoms with Crippen LogP contribution in [-0.2, 0) is 24.7 Å². The molecule has 1 unspecified atom stereocenters. The molecule has 0 saturated heterocycles. The van der Waals surface area contributed by atoms with E-state index in [1.165, 1.54) is 16.7 Å². The highest BCUT2D eigenvalue weighted by molar-refractivity contribution is 7.77. The van der Waals surface area contributed by atoms with Crippen molar-refractivity contribution < 1.29 is 22.3 Å². The molecule has 1 atom stereocenters. The quantitative estimate of drug-likeness (QED) is 0.488. The van der Waals surface area contributed by atoms with Crippen LogP contribution in [0.5, 0.6) is 11.5 Å². The van der Waals surface area contributed by atoms with Crippen molar-refractivity contribution >= 4 is 17.3 Å². The van der Waals surface area contributed by atoms with Gasteiger partial charge in [0.05, 0.1) is 0 Å². The molecular formula is C23H22F2N2O4S. The molecule has 0 radical (unpaired) electrons. The maximum atomic E-state index is 14.2. The van der Waals surface area contributed by atoms with Gasteiger partial charge in [0.25, 0.3) is 5.56 Å². The van der Waals surface area contributed by atoms with Crippen LogP contribution in [0.2, 0.25) is 0 Å². The smallest absolute Gasteiger partial charge is 0.250 e. The van der Waals surface area contributed by atoms with E-state index in [2.05, 4.69) is 4.72 Å². The Morgan fingerprint density at radius 1 is 1.12 bits per heavy atom. The molecule has 0 saturated carbocycles. The predicted molar refractivity (Wildman–Crippen MR) is 121 cm³/mol. The van der Waals surface area contributed by atoms with Crippen LogP contribution in [0.25, 0.3) is 17.2 Å². The highest BCUT2D eigenvalue weighted by atomic mass is 32.2. The van der Waals surface area contributed by atoms with Gasteiger partial charge in [-0.2, -0.15) is 0 Å². The number of pyridine rings is 1. The zero-order valence-electron chi connectivity index (χ0n) is 17.5. The molecule has 0 aliphatic rings. The first-order valence-corrected chi connectivity index (χ1v) is 10.8. The lowest BCUT2D eigenvalue weighted by Gasteiger charge is -2.16. The number of aromatic nitrogens is 1. The molecule has 2 aromatic carbocycles. The summed E-state index contributed by atoms with van der Waals surface area (Å²) in [4.78, 5) is 12.2. The molecule has 0 bridgehead atoms. The number of aryl methyl sites for hydroxylation is 1. The number of allylic oxidation sites excluding steroid dienone is 1. The minimum Gasteiger partial charge on any atom is -0.454 e. The molecule has 9 heteroatoms. The van der Waals surface area contributed by atoms with Crippen molar-refractivity contribution in [1.82, 2.24) is 9.29 Å². The van der Waals surface area contributed by atoms with Crippen molar-refractivity contribution in [3.8, 4) is 22.6 Å². The van der Waals surface area contributed by atoms with Crippen LogP contribution in [0.4, 0.5) is 8.78 Å². The van der Waals surface area contributed by atoms with Gasteiger partial charge in [-0.3, -0.25) is 9.35 Å². The van der Waals surface area contributed by atoms with E-state index in [4.69, 9.17) is 9.29 Å². The summed E-state index contributed by atoms with van der Waals surface area (Å²) in [6, 6.07) is 9.74. The summed E-state index contributed by atoms with van der Waals surface area (Å²) >= 11 is -2.12. The van der Waals surface area contributed by atoms with E-state index in [1.54, 1.807) is 37.5 Å². The summed E-state index contributed by atoms with van der Waals surface area (Å²) in [5, 5.41) is 0. The van der Waals surface area contributed by atoms with Gasteiger partial charge >= 0.3 is 0 Å². The van der Waals surface area contributed by atoms with Crippen LogP contribution < -0.4 is 15.0 Å². The molecule has 0 aliphatic heterocycles. The van der Waals surface area contributed by atoms with Gasteiger partial charge in [-0.25, -0.2) is 17.7 Å². The lowest BCUT2D eigenvalue weighted by molar-refractivity contribution is 0.439. The molecule has 0 aliphatic carbocycles. The van der Waals surface area contributed by atoms with Gasteiger partial charge in [0, 0.05) is 43.0 Å². The fourth-order valence-electron chi connectivity index (χ4n) is 3.18. The van der Waals surface area contributed by atoms with Gasteiger partial charge < -0.3 is 9.30 Å². The summed E-state index contributed by atoms with van der Waals surface area (Å²) in [6.07, 6.45) is 5.67. The third-order valence-corrected chi connectivity index (χ3v) is 5.14. The average molecular weight is 461 g/mol. The first kappa shape index (κ1) is 23.5. The highest BCUT2D eigenvalue weighted by Gasteiger charge is 2.15. The minimum atomic E-state index is -2.12. The third kappa shape index (κ3) is 5.76. The average Bonchev–Trinajstić information content (AvgIpc) is 2.73. The Labute approximate surface area is 186 Å². The number of hydrogen-bond donors (Lipinski definition) is 2. The third-order valence-electron chi connectivity index (χ3n) is 4.69. The molecular weight excluding hydrogens is 438 g/mol. The van der Waals surface area contributed by atoms with Crippen molar-refractivity contribution in [2.75, 3.05) is 6.54 Å². The number of nitrogens with zero attached hydrogens (tertiary/aromatic N) is 1. The largest absolute Gasteiger partial charge is 0.454 e. The minimum absolute atomic E-state index is 0.143. The van der Waals surface area contributed by atoms with E-state index in [0.29, 0.717) is 28.9 Å². The van der Waals surface area contributed by atoms with Crippen molar-refractivity contribution in [2.24, 2.45) is 7.05 Å². The fraction of sp³-hybridized carbons (Fsp3) is 0.174. The van der Waals surface area contributed by atoms with Gasteiger partial charge in [0.2, 0.25) is 11.3 Å². The molecule has 0 fully saturated rings. The Kier molecular flexibility index (Phi) is 7.68. The Bertz CT molecular complexity index is 1240. The zero-order valence-corrected chi connectivity index (χ0v) is 18.3. The number of ether oxygens (including phenoxy) is 1. The predicted octanol–water partition coefficient (Wildman–Crippen LogP) is 4.42. The molecule has 32 heavy (non-hydrogen) atoms. The van der Waals surface area contributed by atoms with Crippen molar-refractivity contribution in [1.29, 1.82) is 0 Å². The number of benzene rings is 2. The standard InChI is InChI=1S/C23H22F2N2O4S/c1-3-4-16-12-23(28)27(2)14-19(16)18-11-15(9-10-26-32(29)30)5-7-21(18)31-22-8-6-17(24)13-20(22)25/h3-8,11-14,26H,9-10H2,1-2H3,(H,29,30)/b4-3+. The summed E-state index contributed by atoms with van der Waals surface area (Å²) in [7, 11) is 1.62. The van der Waals surface area contributed by atoms with E-state index < -0.39 is 22.9 Å².